The zero-order valence-corrected chi connectivity index (χ0v) is 10.8. The summed E-state index contributed by atoms with van der Waals surface area (Å²) in [6.45, 7) is 4.94. The van der Waals surface area contributed by atoms with E-state index in [1.54, 1.807) is 13.0 Å². The Kier molecular flexibility index (Phi) is 3.79. The minimum absolute atomic E-state index is 0.0787. The predicted octanol–water partition coefficient (Wildman–Crippen LogP) is 3.15. The summed E-state index contributed by atoms with van der Waals surface area (Å²) in [5.74, 6) is 2.26. The summed E-state index contributed by atoms with van der Waals surface area (Å²) in [6, 6.07) is 1.75. The van der Waals surface area contributed by atoms with Gasteiger partial charge in [-0.3, -0.25) is 10.1 Å². The van der Waals surface area contributed by atoms with E-state index in [-0.39, 0.29) is 5.69 Å². The fraction of sp³-hybridized carbons (Fsp3) is 0.615. The van der Waals surface area contributed by atoms with Crippen LogP contribution in [0, 0.1) is 28.9 Å². The van der Waals surface area contributed by atoms with Gasteiger partial charge in [0.05, 0.1) is 4.92 Å². The van der Waals surface area contributed by atoms with Gasteiger partial charge in [-0.1, -0.05) is 13.3 Å². The van der Waals surface area contributed by atoms with Crippen molar-refractivity contribution in [2.45, 2.75) is 33.1 Å². The lowest BCUT2D eigenvalue weighted by Crippen LogP contribution is -2.12. The molecule has 5 nitrogen and oxygen atoms in total. The zero-order valence-electron chi connectivity index (χ0n) is 10.8. The van der Waals surface area contributed by atoms with E-state index in [9.17, 15) is 10.1 Å². The minimum Gasteiger partial charge on any atom is -0.370 e. The summed E-state index contributed by atoms with van der Waals surface area (Å²) < 4.78 is 0. The highest BCUT2D eigenvalue weighted by Crippen LogP contribution is 2.30. The molecule has 0 amide bonds. The summed E-state index contributed by atoms with van der Waals surface area (Å²) in [4.78, 5) is 14.4. The van der Waals surface area contributed by atoms with E-state index in [0.29, 0.717) is 11.5 Å². The van der Waals surface area contributed by atoms with Crippen molar-refractivity contribution >= 4 is 11.5 Å². The molecule has 0 aliphatic heterocycles. The average Bonchev–Trinajstić information content (AvgIpc) is 2.72. The number of nitro groups is 1. The van der Waals surface area contributed by atoms with E-state index < -0.39 is 4.92 Å². The van der Waals surface area contributed by atoms with Gasteiger partial charge in [0.2, 0.25) is 0 Å². The summed E-state index contributed by atoms with van der Waals surface area (Å²) in [5, 5.41) is 14.0. The molecule has 1 fully saturated rings. The smallest absolute Gasteiger partial charge is 0.290 e. The molecule has 2 rings (SSSR count). The van der Waals surface area contributed by atoms with Crippen LogP contribution in [0.3, 0.4) is 0 Å². The number of hydrogen-bond donors (Lipinski definition) is 1. The van der Waals surface area contributed by atoms with Gasteiger partial charge in [-0.05, 0) is 37.7 Å². The standard InChI is InChI=1S/C13H19N3O2/c1-9-3-4-11(5-9)7-14-13-6-10(2)12(8-15-13)16(17)18/h6,8-9,11H,3-5,7H2,1-2H3,(H,14,15). The second-order valence-corrected chi connectivity index (χ2v) is 5.28. The van der Waals surface area contributed by atoms with Crippen LogP contribution in [0.25, 0.3) is 0 Å². The molecule has 1 heterocycles. The molecule has 1 aliphatic rings. The van der Waals surface area contributed by atoms with Gasteiger partial charge in [0, 0.05) is 12.1 Å². The molecule has 18 heavy (non-hydrogen) atoms. The molecule has 0 bridgehead atoms. The number of hydrogen-bond acceptors (Lipinski definition) is 4. The first-order valence-electron chi connectivity index (χ1n) is 6.41. The topological polar surface area (TPSA) is 68.1 Å². The minimum atomic E-state index is -0.398. The van der Waals surface area contributed by atoms with Crippen LogP contribution in [0.1, 0.15) is 31.7 Å². The lowest BCUT2D eigenvalue weighted by Gasteiger charge is -2.11. The quantitative estimate of drug-likeness (QED) is 0.657. The third kappa shape index (κ3) is 2.97. The molecule has 1 aromatic rings. The largest absolute Gasteiger partial charge is 0.370 e. The van der Waals surface area contributed by atoms with Crippen LogP contribution in [0.5, 0.6) is 0 Å². The second kappa shape index (κ2) is 5.33. The zero-order chi connectivity index (χ0) is 13.1. The Bertz CT molecular complexity index is 448. The van der Waals surface area contributed by atoms with Crippen LogP contribution in [-0.4, -0.2) is 16.5 Å². The molecule has 0 radical (unpaired) electrons. The Morgan fingerprint density at radius 2 is 2.33 bits per heavy atom. The van der Waals surface area contributed by atoms with Crippen molar-refractivity contribution in [1.82, 2.24) is 4.98 Å². The van der Waals surface area contributed by atoms with Crippen molar-refractivity contribution in [3.8, 4) is 0 Å². The number of anilines is 1. The van der Waals surface area contributed by atoms with E-state index in [1.807, 2.05) is 0 Å². The molecule has 5 heteroatoms. The van der Waals surface area contributed by atoms with Gasteiger partial charge in [0.15, 0.2) is 0 Å². The molecule has 1 aliphatic carbocycles. The number of aryl methyl sites for hydroxylation is 1. The molecule has 0 aromatic carbocycles. The summed E-state index contributed by atoms with van der Waals surface area (Å²) >= 11 is 0. The predicted molar refractivity (Wildman–Crippen MR) is 70.6 cm³/mol. The van der Waals surface area contributed by atoms with E-state index in [0.717, 1.165) is 18.3 Å². The molecule has 1 aromatic heterocycles. The number of pyridine rings is 1. The van der Waals surface area contributed by atoms with E-state index >= 15 is 0 Å². The highest BCUT2D eigenvalue weighted by atomic mass is 16.6. The summed E-state index contributed by atoms with van der Waals surface area (Å²) in [6.07, 6.45) is 5.16. The Morgan fingerprint density at radius 1 is 1.56 bits per heavy atom. The summed E-state index contributed by atoms with van der Waals surface area (Å²) in [7, 11) is 0. The van der Waals surface area contributed by atoms with Crippen molar-refractivity contribution < 1.29 is 4.92 Å². The Labute approximate surface area is 107 Å². The number of nitrogens with one attached hydrogen (secondary N) is 1. The maximum absolute atomic E-state index is 10.7. The van der Waals surface area contributed by atoms with Gasteiger partial charge >= 0.3 is 0 Å². The second-order valence-electron chi connectivity index (χ2n) is 5.28. The lowest BCUT2D eigenvalue weighted by molar-refractivity contribution is -0.385. The van der Waals surface area contributed by atoms with Crippen molar-refractivity contribution in [3.05, 3.63) is 27.9 Å². The number of nitrogens with zero attached hydrogens (tertiary/aromatic N) is 2. The Morgan fingerprint density at radius 3 is 2.89 bits per heavy atom. The molecule has 1 saturated carbocycles. The third-order valence-electron chi connectivity index (χ3n) is 3.66. The number of aromatic nitrogens is 1. The molecule has 0 spiro atoms. The van der Waals surface area contributed by atoms with E-state index in [2.05, 4.69) is 17.2 Å². The SMILES string of the molecule is Cc1cc(NCC2CCC(C)C2)ncc1[N+](=O)[O-]. The molecular weight excluding hydrogens is 230 g/mol. The van der Waals surface area contributed by atoms with Gasteiger partial charge in [-0.15, -0.1) is 0 Å². The van der Waals surface area contributed by atoms with E-state index in [4.69, 9.17) is 0 Å². The van der Waals surface area contributed by atoms with Crippen molar-refractivity contribution in [2.24, 2.45) is 11.8 Å². The molecule has 98 valence electrons. The van der Waals surface area contributed by atoms with Gasteiger partial charge < -0.3 is 5.32 Å². The van der Waals surface area contributed by atoms with Crippen LogP contribution in [0.4, 0.5) is 11.5 Å². The fourth-order valence-electron chi connectivity index (χ4n) is 2.60. The molecule has 2 atom stereocenters. The van der Waals surface area contributed by atoms with Crippen LogP contribution in [-0.2, 0) is 0 Å². The van der Waals surface area contributed by atoms with Crippen LogP contribution < -0.4 is 5.32 Å². The van der Waals surface area contributed by atoms with Gasteiger partial charge in [-0.25, -0.2) is 4.98 Å². The van der Waals surface area contributed by atoms with Crippen LogP contribution in [0.2, 0.25) is 0 Å². The van der Waals surface area contributed by atoms with Crippen LogP contribution >= 0.6 is 0 Å². The maximum Gasteiger partial charge on any atom is 0.290 e. The first-order chi connectivity index (χ1) is 8.56. The highest BCUT2D eigenvalue weighted by Gasteiger charge is 2.21. The maximum atomic E-state index is 10.7. The van der Waals surface area contributed by atoms with Crippen LogP contribution in [0.15, 0.2) is 12.3 Å². The Hall–Kier alpha value is -1.65. The molecular formula is C13H19N3O2. The molecule has 1 N–H and O–H groups in total. The average molecular weight is 249 g/mol. The van der Waals surface area contributed by atoms with Crippen molar-refractivity contribution in [3.63, 3.8) is 0 Å². The Balaban J connectivity index is 1.94. The lowest BCUT2D eigenvalue weighted by atomic mass is 10.1. The number of rotatable bonds is 4. The van der Waals surface area contributed by atoms with Gasteiger partial charge in [0.25, 0.3) is 5.69 Å². The molecule has 0 saturated heterocycles. The monoisotopic (exact) mass is 249 g/mol. The highest BCUT2D eigenvalue weighted by molar-refractivity contribution is 5.46. The van der Waals surface area contributed by atoms with Crippen molar-refractivity contribution in [2.75, 3.05) is 11.9 Å². The normalized spacial score (nSPS) is 23.0. The van der Waals surface area contributed by atoms with Crippen molar-refractivity contribution in [1.29, 1.82) is 0 Å². The fourth-order valence-corrected chi connectivity index (χ4v) is 2.60. The summed E-state index contributed by atoms with van der Waals surface area (Å²) in [5.41, 5.74) is 0.729. The third-order valence-corrected chi connectivity index (χ3v) is 3.66. The van der Waals surface area contributed by atoms with Gasteiger partial charge in [-0.2, -0.15) is 0 Å². The van der Waals surface area contributed by atoms with Gasteiger partial charge in [0.1, 0.15) is 12.0 Å². The first-order valence-corrected chi connectivity index (χ1v) is 6.41. The van der Waals surface area contributed by atoms with E-state index in [1.165, 1.54) is 25.5 Å². The molecule has 2 unspecified atom stereocenters. The first kappa shape index (κ1) is 12.8.